The molecule has 2 aliphatic rings. The summed E-state index contributed by atoms with van der Waals surface area (Å²) < 4.78 is 10.5. The predicted octanol–water partition coefficient (Wildman–Crippen LogP) is 4.66. The first-order valence-corrected chi connectivity index (χ1v) is 10.9. The predicted molar refractivity (Wildman–Crippen MR) is 114 cm³/mol. The van der Waals surface area contributed by atoms with Crippen molar-refractivity contribution in [1.29, 1.82) is 0 Å². The molecule has 0 spiro atoms. The van der Waals surface area contributed by atoms with Gasteiger partial charge in [-0.25, -0.2) is 14.4 Å². The van der Waals surface area contributed by atoms with Gasteiger partial charge in [0, 0.05) is 19.1 Å². The average molecular weight is 429 g/mol. The van der Waals surface area contributed by atoms with Crippen molar-refractivity contribution in [1.82, 2.24) is 9.80 Å². The van der Waals surface area contributed by atoms with E-state index < -0.39 is 23.7 Å². The van der Waals surface area contributed by atoms with Crippen molar-refractivity contribution in [3.05, 3.63) is 0 Å². The highest BCUT2D eigenvalue weighted by Crippen LogP contribution is 2.21. The van der Waals surface area contributed by atoms with Crippen LogP contribution in [-0.4, -0.2) is 69.4 Å². The number of carboxylic acid groups (broad SMARTS) is 1. The van der Waals surface area contributed by atoms with E-state index in [2.05, 4.69) is 6.92 Å². The van der Waals surface area contributed by atoms with Gasteiger partial charge in [-0.3, -0.25) is 4.90 Å². The third-order valence-corrected chi connectivity index (χ3v) is 4.85. The molecule has 0 bridgehead atoms. The monoisotopic (exact) mass is 428 g/mol. The second kappa shape index (κ2) is 10.9. The van der Waals surface area contributed by atoms with E-state index >= 15 is 0 Å². The van der Waals surface area contributed by atoms with Crippen molar-refractivity contribution in [2.45, 2.75) is 110 Å². The molecule has 0 aromatic heterocycles. The largest absolute Gasteiger partial charge is 0.480 e. The number of amides is 2. The maximum absolute atomic E-state index is 11.8. The van der Waals surface area contributed by atoms with Gasteiger partial charge in [0.1, 0.15) is 17.2 Å². The van der Waals surface area contributed by atoms with E-state index in [1.165, 1.54) is 11.3 Å². The topological polar surface area (TPSA) is 96.4 Å². The van der Waals surface area contributed by atoms with Gasteiger partial charge < -0.3 is 19.5 Å². The Bertz CT molecular complexity index is 593. The summed E-state index contributed by atoms with van der Waals surface area (Å²) in [5.74, 6) is -0.953. The normalized spacial score (nSPS) is 22.5. The number of rotatable bonds is 1. The summed E-state index contributed by atoms with van der Waals surface area (Å²) in [6.45, 7) is 14.4. The molecule has 0 aromatic carbocycles. The Morgan fingerprint density at radius 3 is 1.63 bits per heavy atom. The number of ether oxygens (including phenoxy) is 2. The third kappa shape index (κ3) is 9.22. The Morgan fingerprint density at radius 2 is 1.20 bits per heavy atom. The number of nitrogens with zero attached hydrogens (tertiary/aromatic N) is 2. The summed E-state index contributed by atoms with van der Waals surface area (Å²) in [7, 11) is 0. The van der Waals surface area contributed by atoms with Crippen LogP contribution >= 0.6 is 0 Å². The third-order valence-electron chi connectivity index (χ3n) is 4.85. The van der Waals surface area contributed by atoms with Crippen molar-refractivity contribution >= 4 is 18.2 Å². The maximum Gasteiger partial charge on any atom is 0.411 e. The second-order valence-electron chi connectivity index (χ2n) is 10.0. The molecule has 30 heavy (non-hydrogen) atoms. The lowest BCUT2D eigenvalue weighted by molar-refractivity contribution is -0.144. The summed E-state index contributed by atoms with van der Waals surface area (Å²) in [6.07, 6.45) is 4.92. The van der Waals surface area contributed by atoms with Crippen LogP contribution in [0.25, 0.3) is 0 Å². The number of piperidine rings is 2. The summed E-state index contributed by atoms with van der Waals surface area (Å²) in [4.78, 5) is 37.6. The molecule has 1 N–H and O–H groups in total. The highest BCUT2D eigenvalue weighted by atomic mass is 16.6. The first-order valence-electron chi connectivity index (χ1n) is 10.9. The molecular weight excluding hydrogens is 388 g/mol. The lowest BCUT2D eigenvalue weighted by Crippen LogP contribution is -2.49. The zero-order chi connectivity index (χ0) is 23.1. The van der Waals surface area contributed by atoms with Gasteiger partial charge in [0.25, 0.3) is 0 Å². The van der Waals surface area contributed by atoms with Crippen molar-refractivity contribution in [2.75, 3.05) is 13.1 Å². The number of aliphatic carboxylic acids is 1. The number of carboxylic acids is 1. The molecular formula is C22H40N2O6. The molecule has 2 heterocycles. The van der Waals surface area contributed by atoms with Gasteiger partial charge in [0.2, 0.25) is 0 Å². The average Bonchev–Trinajstić information content (AvgIpc) is 2.59. The standard InChI is InChI=1S/C11H19NO4.C11H21NO2/c1-11(2,3)16-10(15)12-7-5-4-6-8(12)9(13)14;1-9-7-5-6-8-12(9)10(13)14-11(2,3)4/h8H,4-7H2,1-3H3,(H,13,14);9H,5-8H2,1-4H3/t8-;9-/m01/s1. The molecule has 8 heteroatoms. The Labute approximate surface area is 180 Å². The maximum atomic E-state index is 11.8. The number of carbonyl (C=O) groups is 3. The van der Waals surface area contributed by atoms with E-state index in [1.54, 1.807) is 20.8 Å². The molecule has 0 aliphatic carbocycles. The lowest BCUT2D eigenvalue weighted by Gasteiger charge is -2.34. The number of likely N-dealkylation sites (tertiary alicyclic amines) is 2. The van der Waals surface area contributed by atoms with Gasteiger partial charge in [-0.1, -0.05) is 0 Å². The minimum absolute atomic E-state index is 0.162. The van der Waals surface area contributed by atoms with Crippen molar-refractivity contribution < 1.29 is 29.0 Å². The van der Waals surface area contributed by atoms with Gasteiger partial charge in [-0.15, -0.1) is 0 Å². The van der Waals surface area contributed by atoms with Crippen LogP contribution in [0.5, 0.6) is 0 Å². The van der Waals surface area contributed by atoms with E-state index in [-0.39, 0.29) is 11.7 Å². The Balaban J connectivity index is 0.000000303. The van der Waals surface area contributed by atoms with Gasteiger partial charge >= 0.3 is 18.2 Å². The van der Waals surface area contributed by atoms with Gasteiger partial charge in [0.05, 0.1) is 0 Å². The smallest absolute Gasteiger partial charge is 0.411 e. The fourth-order valence-corrected chi connectivity index (χ4v) is 3.42. The zero-order valence-electron chi connectivity index (χ0n) is 19.7. The molecule has 0 radical (unpaired) electrons. The molecule has 8 nitrogen and oxygen atoms in total. The Kier molecular flexibility index (Phi) is 9.43. The summed E-state index contributed by atoms with van der Waals surface area (Å²) in [5.41, 5.74) is -0.966. The highest BCUT2D eigenvalue weighted by Gasteiger charge is 2.34. The molecule has 0 saturated carbocycles. The van der Waals surface area contributed by atoms with Crippen LogP contribution in [0.3, 0.4) is 0 Å². The Morgan fingerprint density at radius 1 is 0.767 bits per heavy atom. The minimum Gasteiger partial charge on any atom is -0.480 e. The van der Waals surface area contributed by atoms with Crippen molar-refractivity contribution in [2.24, 2.45) is 0 Å². The molecule has 2 amide bonds. The molecule has 174 valence electrons. The van der Waals surface area contributed by atoms with E-state index in [9.17, 15) is 14.4 Å². The van der Waals surface area contributed by atoms with E-state index in [4.69, 9.17) is 14.6 Å². The van der Waals surface area contributed by atoms with Crippen LogP contribution in [0.1, 0.15) is 87.0 Å². The molecule has 0 unspecified atom stereocenters. The van der Waals surface area contributed by atoms with Crippen LogP contribution in [-0.2, 0) is 14.3 Å². The van der Waals surface area contributed by atoms with Crippen molar-refractivity contribution in [3.8, 4) is 0 Å². The summed E-state index contributed by atoms with van der Waals surface area (Å²) in [6, 6.07) is -0.401. The fourth-order valence-electron chi connectivity index (χ4n) is 3.42. The summed E-state index contributed by atoms with van der Waals surface area (Å²) in [5, 5.41) is 9.01. The molecule has 0 aromatic rings. The van der Waals surface area contributed by atoms with E-state index in [1.807, 2.05) is 25.7 Å². The fraction of sp³-hybridized carbons (Fsp3) is 0.864. The molecule has 2 saturated heterocycles. The van der Waals surface area contributed by atoms with E-state index in [0.717, 1.165) is 32.2 Å². The first-order chi connectivity index (χ1) is 13.7. The minimum atomic E-state index is -0.953. The number of hydrogen-bond acceptors (Lipinski definition) is 5. The quantitative estimate of drug-likeness (QED) is 0.653. The lowest BCUT2D eigenvalue weighted by atomic mass is 10.0. The number of hydrogen-bond donors (Lipinski definition) is 1. The first kappa shape index (κ1) is 26.0. The zero-order valence-corrected chi connectivity index (χ0v) is 19.7. The number of carbonyl (C=O) groups excluding carboxylic acids is 2. The highest BCUT2D eigenvalue weighted by molar-refractivity contribution is 5.80. The van der Waals surface area contributed by atoms with Crippen LogP contribution in [0.4, 0.5) is 9.59 Å². The molecule has 2 aliphatic heterocycles. The van der Waals surface area contributed by atoms with Crippen LogP contribution in [0, 0.1) is 0 Å². The van der Waals surface area contributed by atoms with Crippen molar-refractivity contribution in [3.63, 3.8) is 0 Å². The van der Waals surface area contributed by atoms with E-state index in [0.29, 0.717) is 19.0 Å². The molecule has 2 rings (SSSR count). The van der Waals surface area contributed by atoms with Crippen LogP contribution in [0.15, 0.2) is 0 Å². The second-order valence-corrected chi connectivity index (χ2v) is 10.0. The van der Waals surface area contributed by atoms with Crippen LogP contribution in [0.2, 0.25) is 0 Å². The SMILES string of the molecule is CC(C)(C)OC(=O)N1CCCC[C@H]1C(=O)O.C[C@@H]1CCCCN1C(=O)OC(C)(C)C. The van der Waals surface area contributed by atoms with Gasteiger partial charge in [0.15, 0.2) is 0 Å². The Hall–Kier alpha value is -1.99. The summed E-state index contributed by atoms with van der Waals surface area (Å²) >= 11 is 0. The van der Waals surface area contributed by atoms with Gasteiger partial charge in [-0.05, 0) is 87.0 Å². The van der Waals surface area contributed by atoms with Gasteiger partial charge in [-0.2, -0.15) is 0 Å². The molecule has 2 atom stereocenters. The van der Waals surface area contributed by atoms with Crippen LogP contribution < -0.4 is 0 Å². The molecule has 2 fully saturated rings.